The quantitative estimate of drug-likeness (QED) is 0.359. The number of methoxy groups -OCH3 is 1. The summed E-state index contributed by atoms with van der Waals surface area (Å²) in [5.74, 6) is 0.367. The Labute approximate surface area is 169 Å². The van der Waals surface area contributed by atoms with Crippen LogP contribution in [-0.4, -0.2) is 24.3 Å². The fraction of sp³-hybridized carbons (Fsp3) is 0.0476. The first-order valence-electron chi connectivity index (χ1n) is 8.38. The fourth-order valence-corrected chi connectivity index (χ4v) is 4.38. The average molecular weight is 411 g/mol. The number of thiophene rings is 1. The van der Waals surface area contributed by atoms with E-state index in [0.717, 1.165) is 20.9 Å². The zero-order chi connectivity index (χ0) is 19.7. The molecular formula is C21H15ClN2O3S. The number of halogens is 1. The molecule has 0 bridgehead atoms. The SMILES string of the molecule is COc1ccc2c(Cl)c(C(=O)N/N=C\c3c(O)ccc4ccccc34)sc2c1. The van der Waals surface area contributed by atoms with Gasteiger partial charge in [0.05, 0.1) is 18.3 Å². The van der Waals surface area contributed by atoms with Crippen LogP contribution < -0.4 is 10.2 Å². The van der Waals surface area contributed by atoms with Crippen LogP contribution in [0.4, 0.5) is 0 Å². The maximum Gasteiger partial charge on any atom is 0.283 e. The molecule has 4 aromatic rings. The molecule has 0 atom stereocenters. The summed E-state index contributed by atoms with van der Waals surface area (Å²) >= 11 is 7.63. The molecular weight excluding hydrogens is 396 g/mol. The van der Waals surface area contributed by atoms with Crippen LogP contribution in [0.3, 0.4) is 0 Å². The lowest BCUT2D eigenvalue weighted by molar-refractivity contribution is 0.0959. The summed E-state index contributed by atoms with van der Waals surface area (Å²) in [5, 5.41) is 17.1. The normalized spacial score (nSPS) is 11.4. The van der Waals surface area contributed by atoms with Gasteiger partial charge in [-0.1, -0.05) is 41.9 Å². The highest BCUT2D eigenvalue weighted by Crippen LogP contribution is 2.37. The summed E-state index contributed by atoms with van der Waals surface area (Å²) in [7, 11) is 1.58. The van der Waals surface area contributed by atoms with E-state index in [9.17, 15) is 9.90 Å². The lowest BCUT2D eigenvalue weighted by Gasteiger charge is -2.04. The first kappa shape index (κ1) is 18.3. The molecule has 3 aromatic carbocycles. The highest BCUT2D eigenvalue weighted by molar-refractivity contribution is 7.21. The number of benzene rings is 3. The molecule has 0 saturated carbocycles. The first-order valence-corrected chi connectivity index (χ1v) is 9.58. The van der Waals surface area contributed by atoms with E-state index in [0.29, 0.717) is 21.2 Å². The lowest BCUT2D eigenvalue weighted by Crippen LogP contribution is -2.16. The van der Waals surface area contributed by atoms with Crippen molar-refractivity contribution in [3.05, 3.63) is 70.1 Å². The Bertz CT molecular complexity index is 1230. The number of carbonyl (C=O) groups is 1. The number of rotatable bonds is 4. The number of nitrogens with zero attached hydrogens (tertiary/aromatic N) is 1. The molecule has 7 heteroatoms. The molecule has 0 radical (unpaired) electrons. The fourth-order valence-electron chi connectivity index (χ4n) is 2.94. The van der Waals surface area contributed by atoms with E-state index >= 15 is 0 Å². The van der Waals surface area contributed by atoms with Gasteiger partial charge in [0.15, 0.2) is 0 Å². The maximum atomic E-state index is 12.5. The minimum absolute atomic E-state index is 0.0867. The van der Waals surface area contributed by atoms with Gasteiger partial charge in [-0.2, -0.15) is 5.10 Å². The molecule has 0 aliphatic rings. The Hall–Kier alpha value is -3.09. The molecule has 2 N–H and O–H groups in total. The van der Waals surface area contributed by atoms with E-state index in [-0.39, 0.29) is 5.75 Å². The number of ether oxygens (including phenoxy) is 1. The van der Waals surface area contributed by atoms with Crippen molar-refractivity contribution in [2.75, 3.05) is 7.11 Å². The summed E-state index contributed by atoms with van der Waals surface area (Å²) in [4.78, 5) is 12.9. The van der Waals surface area contributed by atoms with E-state index in [1.165, 1.54) is 17.6 Å². The number of phenolic OH excluding ortho intramolecular Hbond substituents is 1. The van der Waals surface area contributed by atoms with E-state index in [1.54, 1.807) is 19.2 Å². The smallest absolute Gasteiger partial charge is 0.283 e. The maximum absolute atomic E-state index is 12.5. The third-order valence-corrected chi connectivity index (χ3v) is 6.01. The van der Waals surface area contributed by atoms with Crippen molar-refractivity contribution in [3.8, 4) is 11.5 Å². The third-order valence-electron chi connectivity index (χ3n) is 4.35. The van der Waals surface area contributed by atoms with Gasteiger partial charge in [0.25, 0.3) is 5.91 Å². The molecule has 0 saturated heterocycles. The Kier molecular flexibility index (Phi) is 4.90. The summed E-state index contributed by atoms with van der Waals surface area (Å²) in [6, 6.07) is 16.5. The molecule has 4 rings (SSSR count). The van der Waals surface area contributed by atoms with Crippen molar-refractivity contribution < 1.29 is 14.6 Å². The number of phenols is 1. The van der Waals surface area contributed by atoms with Crippen molar-refractivity contribution in [1.82, 2.24) is 5.43 Å². The predicted octanol–water partition coefficient (Wildman–Crippen LogP) is 5.19. The zero-order valence-corrected chi connectivity index (χ0v) is 16.3. The lowest BCUT2D eigenvalue weighted by atomic mass is 10.0. The number of amides is 1. The number of fused-ring (bicyclic) bond motifs is 2. The largest absolute Gasteiger partial charge is 0.507 e. The van der Waals surface area contributed by atoms with Gasteiger partial charge in [0.1, 0.15) is 16.4 Å². The van der Waals surface area contributed by atoms with Crippen LogP contribution in [0, 0.1) is 0 Å². The highest BCUT2D eigenvalue weighted by Gasteiger charge is 2.17. The van der Waals surface area contributed by atoms with Gasteiger partial charge >= 0.3 is 0 Å². The second kappa shape index (κ2) is 7.50. The summed E-state index contributed by atoms with van der Waals surface area (Å²) in [6.07, 6.45) is 1.43. The van der Waals surface area contributed by atoms with Gasteiger partial charge in [-0.3, -0.25) is 4.79 Å². The van der Waals surface area contributed by atoms with Gasteiger partial charge in [-0.15, -0.1) is 11.3 Å². The van der Waals surface area contributed by atoms with Crippen LogP contribution in [0.2, 0.25) is 5.02 Å². The standard InChI is InChI=1S/C21H15ClN2O3S/c1-27-13-7-8-15-18(10-13)28-20(19(15)22)21(26)24-23-11-16-14-5-3-2-4-12(14)6-9-17(16)25/h2-11,25H,1H3,(H,24,26)/b23-11-. The van der Waals surface area contributed by atoms with Crippen molar-refractivity contribution in [1.29, 1.82) is 0 Å². The second-order valence-corrected chi connectivity index (χ2v) is 7.46. The Morgan fingerprint density at radius 1 is 1.18 bits per heavy atom. The zero-order valence-electron chi connectivity index (χ0n) is 14.8. The van der Waals surface area contributed by atoms with Crippen LogP contribution in [0.15, 0.2) is 59.7 Å². The molecule has 0 aliphatic carbocycles. The van der Waals surface area contributed by atoms with Crippen molar-refractivity contribution in [2.24, 2.45) is 5.10 Å². The second-order valence-electron chi connectivity index (χ2n) is 6.03. The molecule has 0 aliphatic heterocycles. The van der Waals surface area contributed by atoms with Crippen LogP contribution in [0.25, 0.3) is 20.9 Å². The number of carbonyl (C=O) groups excluding carboxylic acids is 1. The number of aromatic hydroxyl groups is 1. The summed E-state index contributed by atoms with van der Waals surface area (Å²) in [6.45, 7) is 0. The van der Waals surface area contributed by atoms with E-state index in [4.69, 9.17) is 16.3 Å². The number of hydrogen-bond donors (Lipinski definition) is 2. The number of hydrogen-bond acceptors (Lipinski definition) is 5. The Balaban J connectivity index is 1.61. The number of hydrazone groups is 1. The van der Waals surface area contributed by atoms with Crippen LogP contribution in [0.1, 0.15) is 15.2 Å². The van der Waals surface area contributed by atoms with Gasteiger partial charge in [0.2, 0.25) is 0 Å². The molecule has 5 nitrogen and oxygen atoms in total. The third kappa shape index (κ3) is 3.28. The molecule has 140 valence electrons. The number of nitrogens with one attached hydrogen (secondary N) is 1. The predicted molar refractivity (Wildman–Crippen MR) is 114 cm³/mol. The highest BCUT2D eigenvalue weighted by atomic mass is 35.5. The molecule has 1 heterocycles. The molecule has 0 unspecified atom stereocenters. The van der Waals surface area contributed by atoms with Crippen molar-refractivity contribution in [3.63, 3.8) is 0 Å². The molecule has 1 amide bonds. The molecule has 1 aromatic heterocycles. The minimum atomic E-state index is -0.416. The minimum Gasteiger partial charge on any atom is -0.507 e. The Morgan fingerprint density at radius 3 is 2.82 bits per heavy atom. The van der Waals surface area contributed by atoms with E-state index < -0.39 is 5.91 Å². The van der Waals surface area contributed by atoms with Crippen molar-refractivity contribution in [2.45, 2.75) is 0 Å². The molecule has 28 heavy (non-hydrogen) atoms. The average Bonchev–Trinajstić information content (AvgIpc) is 3.05. The van der Waals surface area contributed by atoms with Crippen LogP contribution >= 0.6 is 22.9 Å². The summed E-state index contributed by atoms with van der Waals surface area (Å²) in [5.41, 5.74) is 3.02. The topological polar surface area (TPSA) is 70.9 Å². The monoisotopic (exact) mass is 410 g/mol. The Morgan fingerprint density at radius 2 is 2.00 bits per heavy atom. The van der Waals surface area contributed by atoms with E-state index in [2.05, 4.69) is 10.5 Å². The van der Waals surface area contributed by atoms with Gasteiger partial charge in [-0.25, -0.2) is 5.43 Å². The molecule has 0 fully saturated rings. The van der Waals surface area contributed by atoms with Gasteiger partial charge in [0, 0.05) is 15.6 Å². The molecule has 0 spiro atoms. The summed E-state index contributed by atoms with van der Waals surface area (Å²) < 4.78 is 6.06. The van der Waals surface area contributed by atoms with Crippen LogP contribution in [0.5, 0.6) is 11.5 Å². The van der Waals surface area contributed by atoms with Gasteiger partial charge < -0.3 is 9.84 Å². The van der Waals surface area contributed by atoms with Crippen LogP contribution in [-0.2, 0) is 0 Å². The van der Waals surface area contributed by atoms with Gasteiger partial charge in [-0.05, 0) is 35.0 Å². The van der Waals surface area contributed by atoms with E-state index in [1.807, 2.05) is 42.5 Å². The van der Waals surface area contributed by atoms with Crippen molar-refractivity contribution >= 4 is 55.9 Å². The first-order chi connectivity index (χ1) is 13.6.